The smallest absolute Gasteiger partial charge is 0.166 e. The maximum Gasteiger partial charge on any atom is 0.166 e. The number of hydrogen-bond acceptors (Lipinski definition) is 2. The van der Waals surface area contributed by atoms with Gasteiger partial charge in [0, 0.05) is 22.7 Å². The normalized spacial score (nSPS) is 10.4. The van der Waals surface area contributed by atoms with Gasteiger partial charge < -0.3 is 9.97 Å². The predicted molar refractivity (Wildman–Crippen MR) is 60.6 cm³/mol. The molecule has 2 aromatic heterocycles. The number of hydrogen-bond donors (Lipinski definition) is 2. The number of nitriles is 1. The Morgan fingerprint density at radius 1 is 1.19 bits per heavy atom. The Kier molecular flexibility index (Phi) is 1.77. The molecule has 3 aromatic rings. The Hall–Kier alpha value is -2.54. The lowest BCUT2D eigenvalue weighted by atomic mass is 10.1. The quantitative estimate of drug-likeness (QED) is 0.644. The summed E-state index contributed by atoms with van der Waals surface area (Å²) >= 11 is 0. The van der Waals surface area contributed by atoms with E-state index in [-0.39, 0.29) is 0 Å². The molecule has 0 unspecified atom stereocenters. The fourth-order valence-corrected chi connectivity index (χ4v) is 1.86. The highest BCUT2D eigenvalue weighted by Gasteiger charge is 2.11. The van der Waals surface area contributed by atoms with Gasteiger partial charge in [0.25, 0.3) is 0 Å². The van der Waals surface area contributed by atoms with Gasteiger partial charge in [-0.1, -0.05) is 18.2 Å². The first-order chi connectivity index (χ1) is 7.90. The first-order valence-corrected chi connectivity index (χ1v) is 4.90. The van der Waals surface area contributed by atoms with Gasteiger partial charge in [-0.2, -0.15) is 5.26 Å². The first-order valence-electron chi connectivity index (χ1n) is 4.90. The molecule has 2 heterocycles. The summed E-state index contributed by atoms with van der Waals surface area (Å²) in [6.07, 6.45) is 3.43. The summed E-state index contributed by atoms with van der Waals surface area (Å²) in [5, 5.41) is 10.0. The third kappa shape index (κ3) is 1.12. The molecule has 2 N–H and O–H groups in total. The highest BCUT2D eigenvalue weighted by Crippen LogP contribution is 2.28. The fourth-order valence-electron chi connectivity index (χ4n) is 1.86. The first kappa shape index (κ1) is 8.74. The van der Waals surface area contributed by atoms with Crippen LogP contribution in [0.15, 0.2) is 36.8 Å². The van der Waals surface area contributed by atoms with Crippen molar-refractivity contribution < 1.29 is 0 Å². The molecular formula is C12H8N4. The van der Waals surface area contributed by atoms with Gasteiger partial charge in [-0.15, -0.1) is 0 Å². The number of fused-ring (bicyclic) bond motifs is 1. The number of imidazole rings is 1. The predicted octanol–water partition coefficient (Wildman–Crippen LogP) is 2.43. The SMILES string of the molecule is N#Cc1nc[nH]c1-c1c[nH]c2ccccc12. The van der Waals surface area contributed by atoms with Crippen LogP contribution in [0.4, 0.5) is 0 Å². The van der Waals surface area contributed by atoms with Crippen LogP contribution in [0.3, 0.4) is 0 Å². The number of H-pyrrole nitrogens is 2. The zero-order chi connectivity index (χ0) is 11.0. The average molecular weight is 208 g/mol. The van der Waals surface area contributed by atoms with Crippen LogP contribution in [-0.4, -0.2) is 15.0 Å². The molecule has 0 aliphatic heterocycles. The lowest BCUT2D eigenvalue weighted by Gasteiger charge is -1.95. The summed E-state index contributed by atoms with van der Waals surface area (Å²) < 4.78 is 0. The molecule has 0 saturated heterocycles. The number of rotatable bonds is 1. The van der Waals surface area contributed by atoms with Crippen LogP contribution in [0.5, 0.6) is 0 Å². The van der Waals surface area contributed by atoms with Crippen molar-refractivity contribution in [3.8, 4) is 17.3 Å². The summed E-state index contributed by atoms with van der Waals surface area (Å²) in [6, 6.07) is 10.0. The minimum absolute atomic E-state index is 0.421. The Labute approximate surface area is 91.6 Å². The van der Waals surface area contributed by atoms with Crippen molar-refractivity contribution in [2.24, 2.45) is 0 Å². The minimum Gasteiger partial charge on any atom is -0.360 e. The molecule has 0 aliphatic carbocycles. The van der Waals surface area contributed by atoms with Gasteiger partial charge in [0.15, 0.2) is 5.69 Å². The zero-order valence-corrected chi connectivity index (χ0v) is 8.36. The Bertz CT molecular complexity index is 684. The van der Waals surface area contributed by atoms with Crippen LogP contribution >= 0.6 is 0 Å². The summed E-state index contributed by atoms with van der Waals surface area (Å²) in [4.78, 5) is 10.1. The van der Waals surface area contributed by atoms with Gasteiger partial charge in [0.05, 0.1) is 12.0 Å². The molecule has 0 fully saturated rings. The number of nitrogens with one attached hydrogen (secondary N) is 2. The lowest BCUT2D eigenvalue weighted by Crippen LogP contribution is -1.80. The second-order valence-electron chi connectivity index (χ2n) is 3.49. The van der Waals surface area contributed by atoms with Gasteiger partial charge in [-0.25, -0.2) is 4.98 Å². The standard InChI is InChI=1S/C12H8N4/c13-5-11-12(16-7-15-11)9-6-14-10-4-2-1-3-8(9)10/h1-4,6-7,14H,(H,15,16). The van der Waals surface area contributed by atoms with Crippen LogP contribution < -0.4 is 0 Å². The number of aromatic amines is 2. The summed E-state index contributed by atoms with van der Waals surface area (Å²) in [5.41, 5.74) is 3.21. The number of benzene rings is 1. The van der Waals surface area contributed by atoms with Crippen LogP contribution in [-0.2, 0) is 0 Å². The maximum atomic E-state index is 8.94. The van der Waals surface area contributed by atoms with E-state index in [1.54, 1.807) is 0 Å². The van der Waals surface area contributed by atoms with Crippen molar-refractivity contribution in [1.29, 1.82) is 5.26 Å². The van der Waals surface area contributed by atoms with Crippen LogP contribution in [0, 0.1) is 11.3 Å². The molecular weight excluding hydrogens is 200 g/mol. The molecule has 0 radical (unpaired) electrons. The van der Waals surface area contributed by atoms with Crippen LogP contribution in [0.1, 0.15) is 5.69 Å². The van der Waals surface area contributed by atoms with E-state index in [0.29, 0.717) is 5.69 Å². The summed E-state index contributed by atoms with van der Waals surface area (Å²) in [6.45, 7) is 0. The zero-order valence-electron chi connectivity index (χ0n) is 8.36. The van der Waals surface area contributed by atoms with Crippen molar-refractivity contribution in [1.82, 2.24) is 15.0 Å². The third-order valence-electron chi connectivity index (χ3n) is 2.60. The number of nitrogens with zero attached hydrogens (tertiary/aromatic N) is 2. The molecule has 1 aromatic carbocycles. The molecule has 4 nitrogen and oxygen atoms in total. The van der Waals surface area contributed by atoms with E-state index in [4.69, 9.17) is 5.26 Å². The van der Waals surface area contributed by atoms with E-state index in [1.165, 1.54) is 6.33 Å². The molecule has 0 amide bonds. The number of aromatic nitrogens is 3. The molecule has 0 bridgehead atoms. The highest BCUT2D eigenvalue weighted by molar-refractivity contribution is 5.95. The Balaban J connectivity index is 2.31. The third-order valence-corrected chi connectivity index (χ3v) is 2.60. The van der Waals surface area contributed by atoms with Crippen LogP contribution in [0.2, 0.25) is 0 Å². The topological polar surface area (TPSA) is 68.3 Å². The molecule has 16 heavy (non-hydrogen) atoms. The van der Waals surface area contributed by atoms with Crippen molar-refractivity contribution >= 4 is 10.9 Å². The monoisotopic (exact) mass is 208 g/mol. The summed E-state index contributed by atoms with van der Waals surface area (Å²) in [7, 11) is 0. The van der Waals surface area contributed by atoms with Crippen molar-refractivity contribution in [2.75, 3.05) is 0 Å². The van der Waals surface area contributed by atoms with E-state index in [2.05, 4.69) is 21.0 Å². The van der Waals surface area contributed by atoms with Gasteiger partial charge in [-0.3, -0.25) is 0 Å². The van der Waals surface area contributed by atoms with Crippen molar-refractivity contribution in [3.05, 3.63) is 42.5 Å². The van der Waals surface area contributed by atoms with E-state index < -0.39 is 0 Å². The maximum absolute atomic E-state index is 8.94. The fraction of sp³-hybridized carbons (Fsp3) is 0. The van der Waals surface area contributed by atoms with E-state index in [9.17, 15) is 0 Å². The Morgan fingerprint density at radius 2 is 2.06 bits per heavy atom. The molecule has 4 heteroatoms. The van der Waals surface area contributed by atoms with Gasteiger partial charge in [-0.05, 0) is 6.07 Å². The van der Waals surface area contributed by atoms with Gasteiger partial charge in [0.2, 0.25) is 0 Å². The Morgan fingerprint density at radius 3 is 2.94 bits per heavy atom. The molecule has 76 valence electrons. The van der Waals surface area contributed by atoms with Crippen LogP contribution in [0.25, 0.3) is 22.2 Å². The van der Waals surface area contributed by atoms with E-state index in [1.807, 2.05) is 30.5 Å². The average Bonchev–Trinajstić information content (AvgIpc) is 2.94. The van der Waals surface area contributed by atoms with E-state index in [0.717, 1.165) is 22.2 Å². The molecule has 0 spiro atoms. The van der Waals surface area contributed by atoms with Gasteiger partial charge >= 0.3 is 0 Å². The molecule has 3 rings (SSSR count). The molecule has 0 saturated carbocycles. The van der Waals surface area contributed by atoms with E-state index >= 15 is 0 Å². The second kappa shape index (κ2) is 3.24. The van der Waals surface area contributed by atoms with Crippen molar-refractivity contribution in [2.45, 2.75) is 0 Å². The largest absolute Gasteiger partial charge is 0.360 e. The second-order valence-corrected chi connectivity index (χ2v) is 3.49. The minimum atomic E-state index is 0.421. The highest BCUT2D eigenvalue weighted by atomic mass is 14.9. The van der Waals surface area contributed by atoms with Gasteiger partial charge in [0.1, 0.15) is 6.07 Å². The van der Waals surface area contributed by atoms with Crippen molar-refractivity contribution in [3.63, 3.8) is 0 Å². The molecule has 0 atom stereocenters. The summed E-state index contributed by atoms with van der Waals surface area (Å²) in [5.74, 6) is 0. The number of para-hydroxylation sites is 1. The lowest BCUT2D eigenvalue weighted by molar-refractivity contribution is 1.29. The molecule has 0 aliphatic rings.